The van der Waals surface area contributed by atoms with E-state index in [4.69, 9.17) is 23.2 Å². The summed E-state index contributed by atoms with van der Waals surface area (Å²) in [6, 6.07) is 1.38. The van der Waals surface area contributed by atoms with Gasteiger partial charge in [-0.1, -0.05) is 23.2 Å². The van der Waals surface area contributed by atoms with Gasteiger partial charge in [0.1, 0.15) is 0 Å². The van der Waals surface area contributed by atoms with Crippen molar-refractivity contribution in [3.8, 4) is 0 Å². The Hall–Kier alpha value is -1.65. The first-order valence-electron chi connectivity index (χ1n) is 5.16. The topological polar surface area (TPSA) is 124 Å². The van der Waals surface area contributed by atoms with Crippen LogP contribution >= 0.6 is 23.2 Å². The first-order chi connectivity index (χ1) is 9.50. The molecule has 0 fully saturated rings. The van der Waals surface area contributed by atoms with Crippen LogP contribution < -0.4 is 4.90 Å². The first-order valence-corrected chi connectivity index (χ1v) is 7.58. The monoisotopic (exact) mass is 357 g/mol. The van der Waals surface area contributed by atoms with Gasteiger partial charge in [0, 0.05) is 26.2 Å². The summed E-state index contributed by atoms with van der Waals surface area (Å²) in [5.74, 6) is 0. The van der Waals surface area contributed by atoms with Crippen LogP contribution in [0.1, 0.15) is 0 Å². The molecule has 0 aromatic heterocycles. The summed E-state index contributed by atoms with van der Waals surface area (Å²) in [5.41, 5.74) is -1.80. The second-order valence-electron chi connectivity index (χ2n) is 4.02. The maximum Gasteiger partial charge on any atom is 0.300 e. The van der Waals surface area contributed by atoms with Crippen molar-refractivity contribution in [1.82, 2.24) is 0 Å². The molecule has 0 aliphatic heterocycles. The predicted octanol–water partition coefficient (Wildman–Crippen LogP) is 2.10. The number of hydrogen-bond donors (Lipinski definition) is 0. The van der Waals surface area contributed by atoms with Crippen LogP contribution in [0.5, 0.6) is 0 Å². The molecule has 1 aromatic carbocycles. The number of hydrogen-bond acceptors (Lipinski definition) is 7. The zero-order valence-electron chi connectivity index (χ0n) is 10.7. The Morgan fingerprint density at radius 1 is 1.10 bits per heavy atom. The fourth-order valence-corrected chi connectivity index (χ4v) is 2.96. The SMILES string of the molecule is CN(C)c1c([N+](=O)[O-])cc(S(=O)(=O)C(Cl)Cl)cc1[N+](=O)[O-]. The number of nitro groups is 2. The highest BCUT2D eigenvalue weighted by Gasteiger charge is 2.33. The maximum absolute atomic E-state index is 11.8. The van der Waals surface area contributed by atoms with Gasteiger partial charge in [0.05, 0.1) is 14.7 Å². The summed E-state index contributed by atoms with van der Waals surface area (Å²) in [7, 11) is -1.61. The second kappa shape index (κ2) is 6.00. The molecule has 9 nitrogen and oxygen atoms in total. The zero-order valence-corrected chi connectivity index (χ0v) is 13.0. The Morgan fingerprint density at radius 2 is 1.48 bits per heavy atom. The molecule has 0 saturated carbocycles. The summed E-state index contributed by atoms with van der Waals surface area (Å²) in [6.07, 6.45) is 0. The molecule has 0 unspecified atom stereocenters. The number of anilines is 1. The van der Waals surface area contributed by atoms with Gasteiger partial charge in [-0.05, 0) is 0 Å². The van der Waals surface area contributed by atoms with E-state index in [0.29, 0.717) is 12.1 Å². The van der Waals surface area contributed by atoms with Crippen molar-refractivity contribution >= 4 is 50.1 Å². The normalized spacial score (nSPS) is 11.5. The Bertz CT molecular complexity index is 668. The molecule has 1 aromatic rings. The fraction of sp³-hybridized carbons (Fsp3) is 0.333. The van der Waals surface area contributed by atoms with E-state index in [1.807, 2.05) is 0 Å². The molecule has 0 saturated heterocycles. The van der Waals surface area contributed by atoms with Crippen molar-refractivity contribution in [1.29, 1.82) is 0 Å². The smallest absolute Gasteiger partial charge is 0.300 e. The third kappa shape index (κ3) is 3.34. The minimum Gasteiger partial charge on any atom is -0.366 e. The number of nitro benzene ring substituents is 2. The van der Waals surface area contributed by atoms with Gasteiger partial charge in [0.15, 0.2) is 5.69 Å². The van der Waals surface area contributed by atoms with E-state index in [2.05, 4.69) is 0 Å². The Labute approximate surface area is 129 Å². The number of nitrogens with zero attached hydrogens (tertiary/aromatic N) is 3. The molecule has 0 aliphatic rings. The zero-order chi connectivity index (χ0) is 16.5. The van der Waals surface area contributed by atoms with Gasteiger partial charge in [-0.3, -0.25) is 20.2 Å². The Balaban J connectivity index is 3.84. The molecule has 116 valence electrons. The van der Waals surface area contributed by atoms with Crippen molar-refractivity contribution in [2.75, 3.05) is 19.0 Å². The van der Waals surface area contributed by atoms with Crippen LogP contribution in [-0.4, -0.2) is 36.5 Å². The summed E-state index contributed by atoms with van der Waals surface area (Å²) >= 11 is 10.6. The summed E-state index contributed by atoms with van der Waals surface area (Å²) in [4.78, 5) is 20.7. The molecule has 21 heavy (non-hydrogen) atoms. The minimum absolute atomic E-state index is 0.329. The van der Waals surface area contributed by atoms with Gasteiger partial charge < -0.3 is 4.90 Å². The number of halogens is 2. The van der Waals surface area contributed by atoms with E-state index in [1.54, 1.807) is 0 Å². The van der Waals surface area contributed by atoms with E-state index < -0.39 is 40.1 Å². The molecule has 0 atom stereocenters. The highest BCUT2D eigenvalue weighted by atomic mass is 35.5. The highest BCUT2D eigenvalue weighted by Crippen LogP contribution is 2.40. The van der Waals surface area contributed by atoms with Crippen LogP contribution in [0, 0.1) is 20.2 Å². The summed E-state index contributed by atoms with van der Waals surface area (Å²) in [5, 5.41) is 22.1. The average molecular weight is 358 g/mol. The molecule has 1 rings (SSSR count). The minimum atomic E-state index is -4.33. The lowest BCUT2D eigenvalue weighted by Gasteiger charge is -2.14. The quantitative estimate of drug-likeness (QED) is 0.448. The highest BCUT2D eigenvalue weighted by molar-refractivity contribution is 7.94. The van der Waals surface area contributed by atoms with Crippen LogP contribution in [0.4, 0.5) is 17.1 Å². The molecule has 0 amide bonds. The van der Waals surface area contributed by atoms with Gasteiger partial charge in [0.25, 0.3) is 0 Å². The second-order valence-corrected chi connectivity index (χ2v) is 7.67. The third-order valence-electron chi connectivity index (χ3n) is 2.45. The molecule has 0 heterocycles. The molecule has 12 heteroatoms. The van der Waals surface area contributed by atoms with Gasteiger partial charge in [-0.15, -0.1) is 0 Å². The Morgan fingerprint density at radius 3 is 1.71 bits per heavy atom. The van der Waals surface area contributed by atoms with Gasteiger partial charge in [0.2, 0.25) is 14.0 Å². The predicted molar refractivity (Wildman–Crippen MR) is 76.8 cm³/mol. The van der Waals surface area contributed by atoms with E-state index >= 15 is 0 Å². The fourth-order valence-electron chi connectivity index (χ4n) is 1.58. The lowest BCUT2D eigenvalue weighted by Crippen LogP contribution is -2.16. The van der Waals surface area contributed by atoms with Crippen molar-refractivity contribution in [2.45, 2.75) is 9.06 Å². The number of sulfone groups is 1. The van der Waals surface area contributed by atoms with E-state index in [9.17, 15) is 28.6 Å². The van der Waals surface area contributed by atoms with Crippen molar-refractivity contribution in [3.63, 3.8) is 0 Å². The van der Waals surface area contributed by atoms with Crippen molar-refractivity contribution in [2.24, 2.45) is 0 Å². The molecule has 0 spiro atoms. The number of benzene rings is 1. The van der Waals surface area contributed by atoms with Crippen LogP contribution in [0.25, 0.3) is 0 Å². The van der Waals surface area contributed by atoms with Crippen LogP contribution in [-0.2, 0) is 9.84 Å². The molecular formula is C9H9Cl2N3O6S. The van der Waals surface area contributed by atoms with E-state index in [1.165, 1.54) is 14.1 Å². The molecule has 0 aliphatic carbocycles. The molecule has 0 N–H and O–H groups in total. The van der Waals surface area contributed by atoms with Gasteiger partial charge >= 0.3 is 11.4 Å². The van der Waals surface area contributed by atoms with E-state index in [-0.39, 0.29) is 5.69 Å². The lowest BCUT2D eigenvalue weighted by molar-refractivity contribution is -0.392. The third-order valence-corrected chi connectivity index (χ3v) is 5.22. The van der Waals surface area contributed by atoms with Gasteiger partial charge in [-0.25, -0.2) is 8.42 Å². The number of rotatable bonds is 5. The standard InChI is InChI=1S/C9H9Cl2N3O6S/c1-12(2)8-6(13(15)16)3-5(4-7(8)14(17)18)21(19,20)9(10)11/h3-4,9H,1-2H3. The van der Waals surface area contributed by atoms with Crippen LogP contribution in [0.2, 0.25) is 0 Å². The average Bonchev–Trinajstić information content (AvgIpc) is 2.36. The number of alkyl halides is 2. The largest absolute Gasteiger partial charge is 0.366 e. The van der Waals surface area contributed by atoms with Crippen LogP contribution in [0.3, 0.4) is 0 Å². The molecular weight excluding hydrogens is 349 g/mol. The van der Waals surface area contributed by atoms with Crippen molar-refractivity contribution in [3.05, 3.63) is 32.4 Å². The lowest BCUT2D eigenvalue weighted by atomic mass is 10.2. The molecule has 0 radical (unpaired) electrons. The van der Waals surface area contributed by atoms with E-state index in [0.717, 1.165) is 4.90 Å². The summed E-state index contributed by atoms with van der Waals surface area (Å²) < 4.78 is 21.8. The van der Waals surface area contributed by atoms with Crippen LogP contribution in [0.15, 0.2) is 17.0 Å². The first kappa shape index (κ1) is 17.4. The maximum atomic E-state index is 11.8. The van der Waals surface area contributed by atoms with Crippen molar-refractivity contribution < 1.29 is 18.3 Å². The van der Waals surface area contributed by atoms with Gasteiger partial charge in [-0.2, -0.15) is 0 Å². The molecule has 0 bridgehead atoms. The summed E-state index contributed by atoms with van der Waals surface area (Å²) in [6.45, 7) is 0. The Kier molecular flexibility index (Phi) is 4.97.